The number of carbonyl (C=O) groups excluding carboxylic acids is 2. The van der Waals surface area contributed by atoms with Crippen LogP contribution >= 0.6 is 0 Å². The molecule has 0 aliphatic rings. The van der Waals surface area contributed by atoms with Gasteiger partial charge in [0.1, 0.15) is 11.6 Å². The monoisotopic (exact) mass is 369 g/mol. The minimum atomic E-state index is -0.810. The number of amides is 1. The minimum Gasteiger partial charge on any atom is -0.467 e. The standard InChI is InChI=1S/C22H27NO4/c1-15-6-10-17(11-7-15)18-12-8-16(9-13-18)14-19(20(24)26-5)23-21(25)27-22(2,3)4/h6-13,19H,14H2,1-5H3,(H,23,25). The van der Waals surface area contributed by atoms with Crippen LogP contribution in [0.25, 0.3) is 11.1 Å². The number of carbonyl (C=O) groups is 2. The molecule has 0 heterocycles. The molecule has 0 saturated carbocycles. The van der Waals surface area contributed by atoms with Crippen LogP contribution in [0.1, 0.15) is 31.9 Å². The summed E-state index contributed by atoms with van der Waals surface area (Å²) in [6.07, 6.45) is -0.325. The normalized spacial score (nSPS) is 12.2. The van der Waals surface area contributed by atoms with Crippen molar-refractivity contribution in [2.45, 2.75) is 45.8 Å². The lowest BCUT2D eigenvalue weighted by Crippen LogP contribution is -2.45. The Morgan fingerprint density at radius 3 is 1.96 bits per heavy atom. The first-order chi connectivity index (χ1) is 12.7. The van der Waals surface area contributed by atoms with Crippen molar-refractivity contribution in [1.82, 2.24) is 5.32 Å². The van der Waals surface area contributed by atoms with Crippen molar-refractivity contribution >= 4 is 12.1 Å². The number of methoxy groups -OCH3 is 1. The lowest BCUT2D eigenvalue weighted by Gasteiger charge is -2.22. The number of aryl methyl sites for hydroxylation is 1. The number of esters is 1. The number of alkyl carbamates (subject to hydrolysis) is 1. The van der Waals surface area contributed by atoms with Gasteiger partial charge in [0.2, 0.25) is 0 Å². The van der Waals surface area contributed by atoms with Crippen LogP contribution in [0.3, 0.4) is 0 Å². The minimum absolute atomic E-state index is 0.320. The van der Waals surface area contributed by atoms with Gasteiger partial charge in [-0.2, -0.15) is 0 Å². The van der Waals surface area contributed by atoms with Gasteiger partial charge in [0.05, 0.1) is 7.11 Å². The van der Waals surface area contributed by atoms with Crippen molar-refractivity contribution in [2.24, 2.45) is 0 Å². The summed E-state index contributed by atoms with van der Waals surface area (Å²) in [5.41, 5.74) is 3.71. The summed E-state index contributed by atoms with van der Waals surface area (Å²) in [7, 11) is 1.30. The fourth-order valence-electron chi connectivity index (χ4n) is 2.60. The molecule has 0 radical (unpaired) electrons. The van der Waals surface area contributed by atoms with Crippen LogP contribution < -0.4 is 5.32 Å². The average molecular weight is 369 g/mol. The van der Waals surface area contributed by atoms with E-state index in [1.165, 1.54) is 12.7 Å². The van der Waals surface area contributed by atoms with Gasteiger partial charge in [0, 0.05) is 6.42 Å². The molecule has 5 heteroatoms. The van der Waals surface area contributed by atoms with Gasteiger partial charge >= 0.3 is 12.1 Å². The van der Waals surface area contributed by atoms with E-state index in [9.17, 15) is 9.59 Å². The third kappa shape index (κ3) is 6.44. The molecular formula is C22H27NO4. The van der Waals surface area contributed by atoms with E-state index in [4.69, 9.17) is 9.47 Å². The highest BCUT2D eigenvalue weighted by Crippen LogP contribution is 2.21. The van der Waals surface area contributed by atoms with E-state index < -0.39 is 23.7 Å². The Hall–Kier alpha value is -2.82. The lowest BCUT2D eigenvalue weighted by molar-refractivity contribution is -0.143. The first-order valence-corrected chi connectivity index (χ1v) is 8.91. The van der Waals surface area contributed by atoms with Crippen LogP contribution in [-0.4, -0.2) is 30.8 Å². The van der Waals surface area contributed by atoms with E-state index in [2.05, 4.69) is 36.5 Å². The Morgan fingerprint density at radius 2 is 1.48 bits per heavy atom. The summed E-state index contributed by atoms with van der Waals surface area (Å²) in [6.45, 7) is 7.36. The molecule has 0 aliphatic heterocycles. The molecule has 27 heavy (non-hydrogen) atoms. The van der Waals surface area contributed by atoms with E-state index >= 15 is 0 Å². The summed E-state index contributed by atoms with van der Waals surface area (Å²) in [5.74, 6) is -0.511. The quantitative estimate of drug-likeness (QED) is 0.800. The van der Waals surface area contributed by atoms with Crippen LogP contribution in [0, 0.1) is 6.92 Å². The second-order valence-electron chi connectivity index (χ2n) is 7.49. The van der Waals surface area contributed by atoms with Gasteiger partial charge in [0.15, 0.2) is 0 Å². The zero-order valence-electron chi connectivity index (χ0n) is 16.5. The molecule has 2 aromatic rings. The number of rotatable bonds is 5. The molecule has 0 bridgehead atoms. The highest BCUT2D eigenvalue weighted by atomic mass is 16.6. The maximum atomic E-state index is 12.0. The Balaban J connectivity index is 2.09. The van der Waals surface area contributed by atoms with E-state index in [1.54, 1.807) is 20.8 Å². The molecule has 2 aromatic carbocycles. The van der Waals surface area contributed by atoms with E-state index in [0.717, 1.165) is 16.7 Å². The van der Waals surface area contributed by atoms with Crippen molar-refractivity contribution in [2.75, 3.05) is 7.11 Å². The van der Waals surface area contributed by atoms with Gasteiger partial charge in [-0.1, -0.05) is 54.1 Å². The van der Waals surface area contributed by atoms with Gasteiger partial charge < -0.3 is 14.8 Å². The van der Waals surface area contributed by atoms with Gasteiger partial charge in [-0.05, 0) is 44.4 Å². The fraction of sp³-hybridized carbons (Fsp3) is 0.364. The van der Waals surface area contributed by atoms with Crippen molar-refractivity contribution in [1.29, 1.82) is 0 Å². The Morgan fingerprint density at radius 1 is 0.963 bits per heavy atom. The number of ether oxygens (including phenoxy) is 2. The number of hydrogen-bond donors (Lipinski definition) is 1. The number of benzene rings is 2. The molecule has 1 atom stereocenters. The Labute approximate surface area is 160 Å². The van der Waals surface area contributed by atoms with Gasteiger partial charge in [-0.3, -0.25) is 0 Å². The zero-order valence-corrected chi connectivity index (χ0v) is 16.5. The summed E-state index contributed by atoms with van der Waals surface area (Å²) in [5, 5.41) is 2.59. The average Bonchev–Trinajstić information content (AvgIpc) is 2.60. The maximum Gasteiger partial charge on any atom is 0.408 e. The molecule has 2 rings (SSSR count). The molecule has 1 amide bonds. The van der Waals surface area contributed by atoms with Gasteiger partial charge in [-0.25, -0.2) is 9.59 Å². The summed E-state index contributed by atoms with van der Waals surface area (Å²) >= 11 is 0. The number of nitrogens with one attached hydrogen (secondary N) is 1. The molecule has 0 aromatic heterocycles. The van der Waals surface area contributed by atoms with Crippen molar-refractivity contribution in [3.63, 3.8) is 0 Å². The highest BCUT2D eigenvalue weighted by Gasteiger charge is 2.25. The molecule has 5 nitrogen and oxygen atoms in total. The first kappa shape index (κ1) is 20.5. The second kappa shape index (κ2) is 8.71. The van der Waals surface area contributed by atoms with Crippen LogP contribution in [0.5, 0.6) is 0 Å². The Bertz CT molecular complexity index is 773. The first-order valence-electron chi connectivity index (χ1n) is 8.91. The van der Waals surface area contributed by atoms with Crippen LogP contribution in [0.4, 0.5) is 4.79 Å². The van der Waals surface area contributed by atoms with Crippen LogP contribution in [0.2, 0.25) is 0 Å². The predicted octanol–water partition coefficient (Wildman–Crippen LogP) is 4.27. The third-order valence-corrected chi connectivity index (χ3v) is 3.96. The Kier molecular flexibility index (Phi) is 6.61. The number of hydrogen-bond acceptors (Lipinski definition) is 4. The SMILES string of the molecule is COC(=O)C(Cc1ccc(-c2ccc(C)cc2)cc1)NC(=O)OC(C)(C)C. The molecular weight excluding hydrogens is 342 g/mol. The summed E-state index contributed by atoms with van der Waals surface area (Å²) < 4.78 is 10.0. The molecule has 0 aliphatic carbocycles. The molecule has 144 valence electrons. The van der Waals surface area contributed by atoms with Crippen molar-refractivity contribution in [3.8, 4) is 11.1 Å². The fourth-order valence-corrected chi connectivity index (χ4v) is 2.60. The van der Waals surface area contributed by atoms with E-state index in [0.29, 0.717) is 6.42 Å². The largest absolute Gasteiger partial charge is 0.467 e. The van der Waals surface area contributed by atoms with Crippen molar-refractivity contribution < 1.29 is 19.1 Å². The summed E-state index contributed by atoms with van der Waals surface area (Å²) in [4.78, 5) is 24.1. The molecule has 1 unspecified atom stereocenters. The smallest absolute Gasteiger partial charge is 0.408 e. The van der Waals surface area contributed by atoms with Crippen molar-refractivity contribution in [3.05, 3.63) is 59.7 Å². The van der Waals surface area contributed by atoms with E-state index in [-0.39, 0.29) is 0 Å². The topological polar surface area (TPSA) is 64.6 Å². The lowest BCUT2D eigenvalue weighted by atomic mass is 10.00. The maximum absolute atomic E-state index is 12.0. The molecule has 0 fully saturated rings. The van der Waals surface area contributed by atoms with Crippen LogP contribution in [0.15, 0.2) is 48.5 Å². The highest BCUT2D eigenvalue weighted by molar-refractivity contribution is 5.81. The molecule has 1 N–H and O–H groups in total. The third-order valence-electron chi connectivity index (χ3n) is 3.96. The van der Waals surface area contributed by atoms with E-state index in [1.807, 2.05) is 24.3 Å². The predicted molar refractivity (Wildman–Crippen MR) is 105 cm³/mol. The zero-order chi connectivity index (χ0) is 20.0. The molecule has 0 spiro atoms. The van der Waals surface area contributed by atoms with Gasteiger partial charge in [-0.15, -0.1) is 0 Å². The summed E-state index contributed by atoms with van der Waals surface area (Å²) in [6, 6.07) is 15.4. The van der Waals surface area contributed by atoms with Crippen LogP contribution in [-0.2, 0) is 20.7 Å². The molecule has 0 saturated heterocycles. The van der Waals surface area contributed by atoms with Gasteiger partial charge in [0.25, 0.3) is 0 Å². The second-order valence-corrected chi connectivity index (χ2v) is 7.49.